The lowest BCUT2D eigenvalue weighted by atomic mass is 10.1. The predicted octanol–water partition coefficient (Wildman–Crippen LogP) is 4.25. The zero-order valence-electron chi connectivity index (χ0n) is 32.5. The number of pyridine rings is 1. The number of amides is 2. The summed E-state index contributed by atoms with van der Waals surface area (Å²) in [6.45, 7) is 1.36. The van der Waals surface area contributed by atoms with Gasteiger partial charge < -0.3 is 9.80 Å². The summed E-state index contributed by atoms with van der Waals surface area (Å²) in [7, 11) is 0. The quantitative estimate of drug-likeness (QED) is 0.247. The third kappa shape index (κ3) is 7.46. The van der Waals surface area contributed by atoms with Gasteiger partial charge in [0, 0.05) is 25.1 Å². The van der Waals surface area contributed by atoms with Gasteiger partial charge in [0.15, 0.2) is 0 Å². The van der Waals surface area contributed by atoms with E-state index in [1.165, 1.54) is 50.4 Å². The molecule has 2 aliphatic heterocycles. The number of rotatable bonds is 6. The highest BCUT2D eigenvalue weighted by atomic mass is 19.1. The molecule has 10 rings (SSSR count). The molecule has 0 saturated carbocycles. The summed E-state index contributed by atoms with van der Waals surface area (Å²) < 4.78 is 31.9. The van der Waals surface area contributed by atoms with Gasteiger partial charge in [0.25, 0.3) is 22.9 Å². The van der Waals surface area contributed by atoms with Gasteiger partial charge in [0.2, 0.25) is 0 Å². The van der Waals surface area contributed by atoms with Crippen molar-refractivity contribution in [3.05, 3.63) is 214 Å². The second kappa shape index (κ2) is 16.1. The van der Waals surface area contributed by atoms with Crippen molar-refractivity contribution in [2.45, 2.75) is 39.3 Å². The number of carbonyl (C=O) groups is 2. The number of aromatic amines is 2. The lowest BCUT2D eigenvalue weighted by Gasteiger charge is -2.17. The van der Waals surface area contributed by atoms with Crippen LogP contribution in [0.15, 0.2) is 135 Å². The van der Waals surface area contributed by atoms with Crippen molar-refractivity contribution in [3.63, 3.8) is 0 Å². The molecular formula is C45H33F2N9O6. The van der Waals surface area contributed by atoms with Crippen molar-refractivity contribution >= 4 is 33.6 Å². The summed E-state index contributed by atoms with van der Waals surface area (Å²) >= 11 is 0. The van der Waals surface area contributed by atoms with Crippen molar-refractivity contribution in [2.75, 3.05) is 0 Å². The minimum atomic E-state index is -0.649. The smallest absolute Gasteiger partial charge is 0.328 e. The first-order valence-corrected chi connectivity index (χ1v) is 19.3. The van der Waals surface area contributed by atoms with Crippen LogP contribution in [-0.2, 0) is 39.3 Å². The minimum Gasteiger partial charge on any atom is -0.328 e. The zero-order valence-corrected chi connectivity index (χ0v) is 32.5. The van der Waals surface area contributed by atoms with E-state index in [2.05, 4.69) is 24.9 Å². The number of carbonyl (C=O) groups excluding carboxylic acids is 2. The fourth-order valence-electron chi connectivity index (χ4n) is 7.74. The highest BCUT2D eigenvalue weighted by molar-refractivity contribution is 5.95. The fourth-order valence-corrected chi connectivity index (χ4v) is 7.74. The number of fused-ring (bicyclic) bond motifs is 4. The van der Waals surface area contributed by atoms with Crippen molar-refractivity contribution < 1.29 is 18.4 Å². The monoisotopic (exact) mass is 833 g/mol. The molecule has 0 fully saturated rings. The van der Waals surface area contributed by atoms with E-state index in [1.807, 2.05) is 6.07 Å². The maximum absolute atomic E-state index is 14.5. The lowest BCUT2D eigenvalue weighted by Crippen LogP contribution is -2.31. The maximum Gasteiger partial charge on any atom is 0.329 e. The van der Waals surface area contributed by atoms with E-state index in [1.54, 1.807) is 78.1 Å². The van der Waals surface area contributed by atoms with Gasteiger partial charge in [0.05, 0.1) is 82.7 Å². The summed E-state index contributed by atoms with van der Waals surface area (Å²) in [6, 6.07) is 25.6. The zero-order chi connectivity index (χ0) is 43.1. The predicted molar refractivity (Wildman–Crippen MR) is 222 cm³/mol. The van der Waals surface area contributed by atoms with E-state index in [9.17, 15) is 37.5 Å². The van der Waals surface area contributed by atoms with Gasteiger partial charge in [-0.2, -0.15) is 0 Å². The Bertz CT molecular complexity index is 3090. The number of H-pyrrole nitrogens is 2. The third-order valence-electron chi connectivity index (χ3n) is 10.8. The molecule has 0 atom stereocenters. The van der Waals surface area contributed by atoms with Crippen LogP contribution in [0.4, 0.5) is 8.78 Å². The molecule has 4 aromatic heterocycles. The van der Waals surface area contributed by atoms with Crippen LogP contribution in [0, 0.1) is 11.6 Å². The van der Waals surface area contributed by atoms with Gasteiger partial charge in [-0.3, -0.25) is 53.2 Å². The highest BCUT2D eigenvalue weighted by Gasteiger charge is 2.29. The second-order valence-corrected chi connectivity index (χ2v) is 14.7. The number of benzene rings is 4. The second-order valence-electron chi connectivity index (χ2n) is 14.7. The van der Waals surface area contributed by atoms with E-state index in [-0.39, 0.29) is 37.3 Å². The molecule has 4 aromatic carbocycles. The number of nitrogens with zero attached hydrogens (tertiary/aromatic N) is 7. The molecule has 0 bridgehead atoms. The Kier molecular flexibility index (Phi) is 10.2. The fraction of sp³-hybridized carbons (Fsp3) is 0.133. The number of para-hydroxylation sites is 2. The first kappa shape index (κ1) is 39.3. The summed E-state index contributed by atoms with van der Waals surface area (Å²) in [5, 5.41) is 0.748. The van der Waals surface area contributed by atoms with Crippen LogP contribution in [0.2, 0.25) is 0 Å². The number of hydrogen-bond acceptors (Lipinski definition) is 9. The molecule has 15 nitrogen and oxygen atoms in total. The van der Waals surface area contributed by atoms with Crippen LogP contribution in [0.3, 0.4) is 0 Å². The molecule has 0 radical (unpaired) electrons. The Hall–Kier alpha value is -8.21. The SMILES string of the molecule is O=C(c1cc(Cn2c(=O)[nH]c(=O)c3ccccc32)ccc1F)N1Cc2cccnc2C1.O=C(c1cc(Cn2c(=O)[nH]c(=O)c3ccccc32)ccc1F)N1Cc2nccnc2C1. The first-order chi connectivity index (χ1) is 30.0. The molecule has 0 aliphatic carbocycles. The topological polar surface area (TPSA) is 189 Å². The van der Waals surface area contributed by atoms with Crippen molar-refractivity contribution in [1.82, 2.24) is 43.9 Å². The third-order valence-corrected chi connectivity index (χ3v) is 10.8. The molecule has 2 aliphatic rings. The van der Waals surface area contributed by atoms with Crippen molar-refractivity contribution in [2.24, 2.45) is 0 Å². The number of aromatic nitrogens is 7. The van der Waals surface area contributed by atoms with E-state index < -0.39 is 45.9 Å². The molecule has 17 heteroatoms. The van der Waals surface area contributed by atoms with Gasteiger partial charge in [-0.15, -0.1) is 0 Å². The number of hydrogen-bond donors (Lipinski definition) is 2. The average Bonchev–Trinajstić information content (AvgIpc) is 3.93. The highest BCUT2D eigenvalue weighted by Crippen LogP contribution is 2.25. The Labute approximate surface area is 348 Å². The molecule has 6 heterocycles. The van der Waals surface area contributed by atoms with Crippen LogP contribution >= 0.6 is 0 Å². The standard InChI is InChI=1S/C23H17FN4O3.C22H16FN5O3/c24-18-8-7-14(11-28-20-6-2-1-5-16(20)21(29)26-23(28)31)10-17(18)22(30)27-12-15-4-3-9-25-19(15)13-27;23-16-6-5-13(10-28-19-4-2-1-3-14(19)20(29)26-22(28)31)9-15(16)21(30)27-11-17-18(12-27)25-8-7-24-17/h1-10H,11-13H2,(H,26,29,31);1-9H,10-12H2,(H,26,29,31). The van der Waals surface area contributed by atoms with Crippen molar-refractivity contribution in [3.8, 4) is 0 Å². The van der Waals surface area contributed by atoms with Crippen molar-refractivity contribution in [1.29, 1.82) is 0 Å². The summed E-state index contributed by atoms with van der Waals surface area (Å²) in [6.07, 6.45) is 4.78. The lowest BCUT2D eigenvalue weighted by molar-refractivity contribution is 0.0738. The largest absolute Gasteiger partial charge is 0.329 e. The van der Waals surface area contributed by atoms with E-state index in [0.29, 0.717) is 57.4 Å². The van der Waals surface area contributed by atoms with Gasteiger partial charge in [0.1, 0.15) is 11.6 Å². The molecule has 2 N–H and O–H groups in total. The summed E-state index contributed by atoms with van der Waals surface area (Å²) in [4.78, 5) is 95.3. The Morgan fingerprint density at radius 3 is 1.48 bits per heavy atom. The molecule has 8 aromatic rings. The van der Waals surface area contributed by atoms with Gasteiger partial charge >= 0.3 is 11.4 Å². The van der Waals surface area contributed by atoms with E-state index in [4.69, 9.17) is 0 Å². The van der Waals surface area contributed by atoms with E-state index in [0.717, 1.165) is 11.3 Å². The van der Waals surface area contributed by atoms with Crippen LogP contribution in [0.25, 0.3) is 21.8 Å². The Morgan fingerprint density at radius 2 is 0.984 bits per heavy atom. The normalized spacial score (nSPS) is 12.9. The summed E-state index contributed by atoms with van der Waals surface area (Å²) in [5.74, 6) is -2.19. The first-order valence-electron chi connectivity index (χ1n) is 19.3. The molecule has 0 unspecified atom stereocenters. The molecule has 0 spiro atoms. The molecule has 62 heavy (non-hydrogen) atoms. The average molecular weight is 834 g/mol. The minimum absolute atomic E-state index is 0.0629. The van der Waals surface area contributed by atoms with Gasteiger partial charge in [-0.25, -0.2) is 18.4 Å². The Balaban J connectivity index is 0.000000158. The number of nitrogens with one attached hydrogen (secondary N) is 2. The van der Waals surface area contributed by atoms with Crippen LogP contribution in [-0.4, -0.2) is 55.7 Å². The Morgan fingerprint density at radius 1 is 0.532 bits per heavy atom. The van der Waals surface area contributed by atoms with Gasteiger partial charge in [-0.1, -0.05) is 42.5 Å². The maximum atomic E-state index is 14.5. The number of halogens is 2. The summed E-state index contributed by atoms with van der Waals surface area (Å²) in [5.41, 5.74) is 2.95. The van der Waals surface area contributed by atoms with Crippen LogP contribution < -0.4 is 22.5 Å². The molecule has 2 amide bonds. The van der Waals surface area contributed by atoms with Crippen LogP contribution in [0.1, 0.15) is 54.5 Å². The molecule has 308 valence electrons. The van der Waals surface area contributed by atoms with E-state index >= 15 is 0 Å². The van der Waals surface area contributed by atoms with Crippen LogP contribution in [0.5, 0.6) is 0 Å². The van der Waals surface area contributed by atoms with Gasteiger partial charge in [-0.05, 0) is 71.3 Å². The molecule has 0 saturated heterocycles. The molecular weight excluding hydrogens is 801 g/mol.